The van der Waals surface area contributed by atoms with Crippen LogP contribution in [-0.4, -0.2) is 40.7 Å². The van der Waals surface area contributed by atoms with Crippen molar-refractivity contribution in [3.05, 3.63) is 57.8 Å². The average Bonchev–Trinajstić information content (AvgIpc) is 3.55. The van der Waals surface area contributed by atoms with Crippen LogP contribution in [-0.2, 0) is 15.0 Å². The van der Waals surface area contributed by atoms with Gasteiger partial charge in [0.15, 0.2) is 5.96 Å². The van der Waals surface area contributed by atoms with Crippen LogP contribution in [0.5, 0.6) is 0 Å². The maximum absolute atomic E-state index is 14.3. The Morgan fingerprint density at radius 1 is 1.09 bits per heavy atom. The third-order valence-corrected chi connectivity index (χ3v) is 5.94. The SMILES string of the molecule is NC(N)=NCCC[C@H](N)C(=O)O.O=C(O)C1(c2ccc(-c3ccc(Cl)c(Cl)c3)c(F)c2)CC1. The summed E-state index contributed by atoms with van der Waals surface area (Å²) >= 11 is 11.8. The summed E-state index contributed by atoms with van der Waals surface area (Å²) in [5, 5.41) is 18.4. The number of aliphatic carboxylic acids is 2. The van der Waals surface area contributed by atoms with Gasteiger partial charge in [-0.15, -0.1) is 0 Å². The maximum atomic E-state index is 14.3. The maximum Gasteiger partial charge on any atom is 0.320 e. The van der Waals surface area contributed by atoms with Gasteiger partial charge >= 0.3 is 11.9 Å². The van der Waals surface area contributed by atoms with E-state index in [1.54, 1.807) is 30.3 Å². The number of carbonyl (C=O) groups is 2. The van der Waals surface area contributed by atoms with Crippen molar-refractivity contribution in [2.24, 2.45) is 22.2 Å². The van der Waals surface area contributed by atoms with Gasteiger partial charge in [0.05, 0.1) is 15.5 Å². The Morgan fingerprint density at radius 3 is 2.24 bits per heavy atom. The fourth-order valence-corrected chi connectivity index (χ4v) is 3.40. The van der Waals surface area contributed by atoms with Gasteiger partial charge in [0, 0.05) is 12.1 Å². The average molecular weight is 499 g/mol. The van der Waals surface area contributed by atoms with Crippen LogP contribution in [0.3, 0.4) is 0 Å². The topological polar surface area (TPSA) is 165 Å². The summed E-state index contributed by atoms with van der Waals surface area (Å²) in [6, 6.07) is 8.61. The summed E-state index contributed by atoms with van der Waals surface area (Å²) in [6.07, 6.45) is 2.05. The molecule has 0 radical (unpaired) electrons. The molecule has 1 aliphatic carbocycles. The van der Waals surface area contributed by atoms with Gasteiger partial charge in [-0.25, -0.2) is 4.39 Å². The van der Waals surface area contributed by atoms with Crippen molar-refractivity contribution in [3.8, 4) is 11.1 Å². The first-order valence-electron chi connectivity index (χ1n) is 10.0. The van der Waals surface area contributed by atoms with Gasteiger partial charge in [0.2, 0.25) is 0 Å². The Kier molecular flexibility index (Phi) is 9.04. The summed E-state index contributed by atoms with van der Waals surface area (Å²) in [7, 11) is 0. The van der Waals surface area contributed by atoms with Crippen molar-refractivity contribution < 1.29 is 24.2 Å². The molecule has 1 saturated carbocycles. The molecule has 178 valence electrons. The Balaban J connectivity index is 0.000000277. The third kappa shape index (κ3) is 7.05. The number of nitrogens with two attached hydrogens (primary N) is 3. The molecular formula is C22H25Cl2FN4O4. The number of carboxylic acid groups (broad SMARTS) is 2. The fraction of sp³-hybridized carbons (Fsp3) is 0.318. The molecule has 0 heterocycles. The molecule has 3 rings (SSSR count). The lowest BCUT2D eigenvalue weighted by Gasteiger charge is -2.12. The van der Waals surface area contributed by atoms with Gasteiger partial charge < -0.3 is 27.4 Å². The van der Waals surface area contributed by atoms with E-state index < -0.39 is 29.2 Å². The van der Waals surface area contributed by atoms with E-state index in [0.29, 0.717) is 59.0 Å². The molecule has 0 amide bonds. The second-order valence-electron chi connectivity index (χ2n) is 7.60. The molecule has 0 aliphatic heterocycles. The number of hydrogen-bond acceptors (Lipinski definition) is 4. The molecule has 33 heavy (non-hydrogen) atoms. The predicted molar refractivity (Wildman–Crippen MR) is 126 cm³/mol. The number of benzene rings is 2. The minimum Gasteiger partial charge on any atom is -0.481 e. The van der Waals surface area contributed by atoms with Crippen LogP contribution in [0, 0.1) is 5.82 Å². The Bertz CT molecular complexity index is 1060. The van der Waals surface area contributed by atoms with Gasteiger partial charge in [-0.3, -0.25) is 14.6 Å². The minimum atomic E-state index is -1.00. The zero-order chi connectivity index (χ0) is 24.8. The van der Waals surface area contributed by atoms with Crippen LogP contribution in [0.25, 0.3) is 11.1 Å². The molecule has 8 nitrogen and oxygen atoms in total. The number of nitrogens with zero attached hydrogens (tertiary/aromatic N) is 1. The molecule has 2 aromatic rings. The van der Waals surface area contributed by atoms with Crippen LogP contribution in [0.1, 0.15) is 31.2 Å². The lowest BCUT2D eigenvalue weighted by atomic mass is 9.93. The quantitative estimate of drug-likeness (QED) is 0.211. The normalized spacial score (nSPS) is 14.4. The van der Waals surface area contributed by atoms with Crippen molar-refractivity contribution in [2.75, 3.05) is 6.54 Å². The summed E-state index contributed by atoms with van der Waals surface area (Å²) in [6.45, 7) is 0.420. The summed E-state index contributed by atoms with van der Waals surface area (Å²) in [4.78, 5) is 25.2. The standard InChI is InChI=1S/C16H11Cl2FO2.C6H14N4O2/c17-12-4-1-9(7-13(12)18)11-3-2-10(8-14(11)19)16(5-6-16)15(20)21;7-4(5(11)12)2-1-3-10-6(8)9/h1-4,7-8H,5-6H2,(H,20,21);4H,1-3,7H2,(H,11,12)(H4,8,9,10)/t;4-/m.0/s1. The zero-order valence-electron chi connectivity index (χ0n) is 17.6. The molecule has 8 N–H and O–H groups in total. The number of halogens is 3. The van der Waals surface area contributed by atoms with E-state index >= 15 is 0 Å². The number of guanidine groups is 1. The number of carboxylic acids is 2. The zero-order valence-corrected chi connectivity index (χ0v) is 19.1. The molecular weight excluding hydrogens is 474 g/mol. The molecule has 1 atom stereocenters. The van der Waals surface area contributed by atoms with E-state index in [9.17, 15) is 19.1 Å². The van der Waals surface area contributed by atoms with Gasteiger partial charge in [0.25, 0.3) is 0 Å². The van der Waals surface area contributed by atoms with Crippen molar-refractivity contribution in [2.45, 2.75) is 37.1 Å². The number of rotatable bonds is 8. The first-order valence-corrected chi connectivity index (χ1v) is 10.8. The van der Waals surface area contributed by atoms with Crippen molar-refractivity contribution in [1.29, 1.82) is 0 Å². The van der Waals surface area contributed by atoms with Crippen LogP contribution in [0.15, 0.2) is 41.4 Å². The molecule has 1 fully saturated rings. The van der Waals surface area contributed by atoms with E-state index in [1.165, 1.54) is 6.07 Å². The second kappa shape index (κ2) is 11.3. The van der Waals surface area contributed by atoms with Crippen LogP contribution < -0.4 is 17.2 Å². The van der Waals surface area contributed by atoms with Gasteiger partial charge in [-0.1, -0.05) is 41.4 Å². The van der Waals surface area contributed by atoms with E-state index in [0.717, 1.165) is 0 Å². The molecule has 0 saturated heterocycles. The molecule has 1 aliphatic rings. The Labute approximate surface area is 200 Å². The summed E-state index contributed by atoms with van der Waals surface area (Å²) < 4.78 is 14.3. The first kappa shape index (κ1) is 26.4. The van der Waals surface area contributed by atoms with Gasteiger partial charge in [-0.2, -0.15) is 0 Å². The van der Waals surface area contributed by atoms with Crippen molar-refractivity contribution in [1.82, 2.24) is 0 Å². The third-order valence-electron chi connectivity index (χ3n) is 5.20. The minimum absolute atomic E-state index is 0.0129. The smallest absolute Gasteiger partial charge is 0.320 e. The van der Waals surface area contributed by atoms with E-state index in [-0.39, 0.29) is 5.96 Å². The summed E-state index contributed by atoms with van der Waals surface area (Å²) in [5.74, 6) is -2.35. The Morgan fingerprint density at radius 2 is 1.76 bits per heavy atom. The molecule has 0 unspecified atom stereocenters. The molecule has 0 aromatic heterocycles. The largest absolute Gasteiger partial charge is 0.481 e. The highest BCUT2D eigenvalue weighted by molar-refractivity contribution is 6.42. The van der Waals surface area contributed by atoms with Gasteiger partial charge in [-0.05, 0) is 55.0 Å². The highest BCUT2D eigenvalue weighted by Gasteiger charge is 2.51. The van der Waals surface area contributed by atoms with E-state index in [1.807, 2.05) is 0 Å². The van der Waals surface area contributed by atoms with Crippen LogP contribution in [0.2, 0.25) is 10.0 Å². The highest BCUT2D eigenvalue weighted by atomic mass is 35.5. The van der Waals surface area contributed by atoms with Crippen LogP contribution >= 0.6 is 23.2 Å². The molecule has 0 bridgehead atoms. The first-order chi connectivity index (χ1) is 15.5. The van der Waals surface area contributed by atoms with E-state index in [4.69, 9.17) is 45.5 Å². The van der Waals surface area contributed by atoms with Crippen LogP contribution in [0.4, 0.5) is 4.39 Å². The monoisotopic (exact) mass is 498 g/mol. The second-order valence-corrected chi connectivity index (χ2v) is 8.42. The fourth-order valence-electron chi connectivity index (χ4n) is 3.10. The number of aliphatic imine (C=N–C) groups is 1. The predicted octanol–water partition coefficient (Wildman–Crippen LogP) is 3.37. The Hall–Kier alpha value is -2.88. The molecule has 2 aromatic carbocycles. The van der Waals surface area contributed by atoms with Crippen molar-refractivity contribution in [3.63, 3.8) is 0 Å². The highest BCUT2D eigenvalue weighted by Crippen LogP contribution is 2.49. The lowest BCUT2D eigenvalue weighted by molar-refractivity contribution is -0.140. The summed E-state index contributed by atoms with van der Waals surface area (Å²) in [5.41, 5.74) is 15.9. The number of hydrogen-bond donors (Lipinski definition) is 5. The lowest BCUT2D eigenvalue weighted by Crippen LogP contribution is -2.30. The molecule has 0 spiro atoms. The van der Waals surface area contributed by atoms with Crippen molar-refractivity contribution >= 4 is 41.1 Å². The van der Waals surface area contributed by atoms with E-state index in [2.05, 4.69) is 4.99 Å². The van der Waals surface area contributed by atoms with Gasteiger partial charge in [0.1, 0.15) is 11.9 Å². The molecule has 11 heteroatoms.